The molecule has 7 heteroatoms. The van der Waals surface area contributed by atoms with E-state index in [9.17, 15) is 8.78 Å². The number of H-pyrrole nitrogens is 1. The number of hydrogen-bond acceptors (Lipinski definition) is 3. The number of anilines is 1. The summed E-state index contributed by atoms with van der Waals surface area (Å²) in [6, 6.07) is 11.9. The first-order valence-corrected chi connectivity index (χ1v) is 9.61. The highest BCUT2D eigenvalue weighted by atomic mass is 19.2. The van der Waals surface area contributed by atoms with Crippen molar-refractivity contribution < 1.29 is 8.78 Å². The molecular formula is C22H20F2N5. The maximum atomic E-state index is 14.3. The minimum Gasteiger partial charge on any atom is -0.357 e. The second-order valence-corrected chi connectivity index (χ2v) is 7.73. The number of rotatable bonds is 3. The maximum Gasteiger partial charge on any atom is 0.186 e. The summed E-state index contributed by atoms with van der Waals surface area (Å²) < 4.78 is 29.7. The standard InChI is InChI=1S/C22H20F2N5/c1-14-5-8-17(29-12-4-10-25-29)18(13-14)28-11-3-9-22(28,2)21-26-16-7-6-15(23)19(24)20(16)27-21/h4-7,10,12-13H,3,9,11H2,1-2H3,(H,26,27)/t22-/m0/s1. The van der Waals surface area contributed by atoms with Crippen LogP contribution in [-0.4, -0.2) is 26.3 Å². The second-order valence-electron chi connectivity index (χ2n) is 7.73. The minimum atomic E-state index is -0.917. The topological polar surface area (TPSA) is 49.7 Å². The van der Waals surface area contributed by atoms with E-state index < -0.39 is 17.2 Å². The quantitative estimate of drug-likeness (QED) is 0.552. The Morgan fingerprint density at radius 3 is 2.93 bits per heavy atom. The van der Waals surface area contributed by atoms with E-state index in [4.69, 9.17) is 0 Å². The molecule has 0 spiro atoms. The number of benzene rings is 2. The summed E-state index contributed by atoms with van der Waals surface area (Å²) in [5, 5.41) is 4.37. The monoisotopic (exact) mass is 392 g/mol. The smallest absolute Gasteiger partial charge is 0.186 e. The molecule has 1 saturated heterocycles. The zero-order valence-electron chi connectivity index (χ0n) is 16.2. The van der Waals surface area contributed by atoms with Gasteiger partial charge in [-0.2, -0.15) is 5.10 Å². The predicted molar refractivity (Wildman–Crippen MR) is 107 cm³/mol. The van der Waals surface area contributed by atoms with E-state index in [1.165, 1.54) is 6.07 Å². The van der Waals surface area contributed by atoms with Crippen molar-refractivity contribution in [2.75, 3.05) is 11.4 Å². The molecule has 0 amide bonds. The molecular weight excluding hydrogens is 372 g/mol. The summed E-state index contributed by atoms with van der Waals surface area (Å²) in [5.41, 5.74) is 2.96. The van der Waals surface area contributed by atoms with Crippen LogP contribution in [0.25, 0.3) is 16.7 Å². The van der Waals surface area contributed by atoms with Crippen LogP contribution in [0.15, 0.2) is 42.7 Å². The third-order valence-corrected chi connectivity index (χ3v) is 5.76. The van der Waals surface area contributed by atoms with Crippen LogP contribution in [-0.2, 0) is 5.54 Å². The number of halogens is 2. The Bertz CT molecular complexity index is 1200. The number of nitrogens with zero attached hydrogens (tertiary/aromatic N) is 4. The van der Waals surface area contributed by atoms with Gasteiger partial charge < -0.3 is 9.88 Å². The summed E-state index contributed by atoms with van der Waals surface area (Å²) in [6.07, 6.45) is 5.41. The summed E-state index contributed by atoms with van der Waals surface area (Å²) >= 11 is 0. The lowest BCUT2D eigenvalue weighted by Crippen LogP contribution is -2.40. The van der Waals surface area contributed by atoms with E-state index >= 15 is 0 Å². The number of imidazole rings is 1. The molecule has 1 radical (unpaired) electrons. The van der Waals surface area contributed by atoms with E-state index in [0.29, 0.717) is 11.3 Å². The van der Waals surface area contributed by atoms with E-state index in [2.05, 4.69) is 39.0 Å². The molecule has 0 saturated carbocycles. The van der Waals surface area contributed by atoms with Gasteiger partial charge in [-0.1, -0.05) is 0 Å². The van der Waals surface area contributed by atoms with Crippen LogP contribution in [0.3, 0.4) is 0 Å². The number of aromatic amines is 1. The molecule has 1 N–H and O–H groups in total. The normalized spacial score (nSPS) is 19.4. The summed E-state index contributed by atoms with van der Waals surface area (Å²) in [4.78, 5) is 9.96. The predicted octanol–water partition coefficient (Wildman–Crippen LogP) is 4.65. The average Bonchev–Trinajstić information content (AvgIpc) is 3.44. The zero-order valence-corrected chi connectivity index (χ0v) is 16.2. The van der Waals surface area contributed by atoms with Crippen molar-refractivity contribution in [2.45, 2.75) is 32.2 Å². The van der Waals surface area contributed by atoms with Gasteiger partial charge in [-0.3, -0.25) is 0 Å². The second kappa shape index (κ2) is 6.40. The van der Waals surface area contributed by atoms with Gasteiger partial charge in [0.05, 0.1) is 22.4 Å². The fourth-order valence-corrected chi connectivity index (χ4v) is 4.24. The molecule has 1 aliphatic rings. The lowest BCUT2D eigenvalue weighted by molar-refractivity contribution is 0.465. The first-order valence-electron chi connectivity index (χ1n) is 9.61. The summed E-state index contributed by atoms with van der Waals surface area (Å²) in [6.45, 7) is 4.93. The van der Waals surface area contributed by atoms with Gasteiger partial charge in [-0.05, 0) is 62.6 Å². The van der Waals surface area contributed by atoms with E-state index in [-0.39, 0.29) is 5.52 Å². The van der Waals surface area contributed by atoms with Crippen LogP contribution in [0.4, 0.5) is 14.5 Å². The summed E-state index contributed by atoms with van der Waals surface area (Å²) in [5.74, 6) is -1.18. The fourth-order valence-electron chi connectivity index (χ4n) is 4.24. The van der Waals surface area contributed by atoms with Crippen LogP contribution in [0.5, 0.6) is 0 Å². The molecule has 2 aromatic heterocycles. The van der Waals surface area contributed by atoms with Crippen LogP contribution >= 0.6 is 0 Å². The van der Waals surface area contributed by atoms with Gasteiger partial charge in [0, 0.05) is 25.0 Å². The lowest BCUT2D eigenvalue weighted by Gasteiger charge is -2.36. The molecule has 0 aliphatic carbocycles. The molecule has 5 nitrogen and oxygen atoms in total. The molecule has 1 fully saturated rings. The number of fused-ring (bicyclic) bond motifs is 1. The third kappa shape index (κ3) is 2.72. The Hall–Kier alpha value is -3.22. The Labute approximate surface area is 167 Å². The average molecular weight is 392 g/mol. The van der Waals surface area contributed by atoms with Gasteiger partial charge in [0.2, 0.25) is 0 Å². The van der Waals surface area contributed by atoms with Crippen LogP contribution in [0, 0.1) is 24.6 Å². The van der Waals surface area contributed by atoms with E-state index in [1.54, 1.807) is 10.9 Å². The molecule has 3 heterocycles. The van der Waals surface area contributed by atoms with Crippen molar-refractivity contribution in [1.82, 2.24) is 19.7 Å². The van der Waals surface area contributed by atoms with Crippen molar-refractivity contribution in [3.63, 3.8) is 0 Å². The van der Waals surface area contributed by atoms with Gasteiger partial charge in [-0.25, -0.2) is 18.4 Å². The van der Waals surface area contributed by atoms with Gasteiger partial charge in [0.1, 0.15) is 11.3 Å². The molecule has 5 rings (SSSR count). The molecule has 1 aliphatic heterocycles. The number of hydrogen-bond donors (Lipinski definition) is 1. The van der Waals surface area contributed by atoms with Crippen molar-refractivity contribution >= 4 is 16.7 Å². The third-order valence-electron chi connectivity index (χ3n) is 5.76. The van der Waals surface area contributed by atoms with Crippen molar-refractivity contribution in [3.05, 3.63) is 71.8 Å². The zero-order chi connectivity index (χ0) is 20.2. The minimum absolute atomic E-state index is 0.0381. The molecule has 0 bridgehead atoms. The molecule has 29 heavy (non-hydrogen) atoms. The van der Waals surface area contributed by atoms with E-state index in [0.717, 1.165) is 42.4 Å². The number of aryl methyl sites for hydroxylation is 1. The summed E-state index contributed by atoms with van der Waals surface area (Å²) in [7, 11) is 0. The number of aromatic nitrogens is 4. The molecule has 4 aromatic rings. The van der Waals surface area contributed by atoms with E-state index in [1.807, 2.05) is 25.3 Å². The van der Waals surface area contributed by atoms with Crippen LogP contribution < -0.4 is 4.90 Å². The number of nitrogens with one attached hydrogen (secondary N) is 1. The SMILES string of the molecule is Cc1c[c]c(-n2cccn2)c(N2CCC[C@@]2(C)c2nc3c(F)c(F)ccc3[nH]2)c1. The van der Waals surface area contributed by atoms with Gasteiger partial charge in [0.25, 0.3) is 0 Å². The lowest BCUT2D eigenvalue weighted by atomic mass is 9.97. The van der Waals surface area contributed by atoms with Crippen LogP contribution in [0.1, 0.15) is 31.2 Å². The van der Waals surface area contributed by atoms with Crippen molar-refractivity contribution in [3.8, 4) is 5.69 Å². The van der Waals surface area contributed by atoms with Gasteiger partial charge in [0.15, 0.2) is 11.6 Å². The molecule has 0 unspecified atom stereocenters. The Balaban J connectivity index is 1.66. The van der Waals surface area contributed by atoms with Crippen LogP contribution in [0.2, 0.25) is 0 Å². The highest BCUT2D eigenvalue weighted by Gasteiger charge is 2.42. The van der Waals surface area contributed by atoms with Gasteiger partial charge in [-0.15, -0.1) is 0 Å². The maximum absolute atomic E-state index is 14.3. The largest absolute Gasteiger partial charge is 0.357 e. The van der Waals surface area contributed by atoms with Crippen molar-refractivity contribution in [1.29, 1.82) is 0 Å². The molecule has 147 valence electrons. The Morgan fingerprint density at radius 1 is 1.28 bits per heavy atom. The first-order chi connectivity index (χ1) is 14.0. The molecule has 1 atom stereocenters. The molecule has 2 aromatic carbocycles. The Morgan fingerprint density at radius 2 is 2.14 bits per heavy atom. The first kappa shape index (κ1) is 17.8. The highest BCUT2D eigenvalue weighted by Crippen LogP contribution is 2.43. The Kier molecular flexibility index (Phi) is 3.94. The van der Waals surface area contributed by atoms with Gasteiger partial charge >= 0.3 is 0 Å². The fraction of sp³-hybridized carbons (Fsp3) is 0.273. The van der Waals surface area contributed by atoms with Crippen molar-refractivity contribution in [2.24, 2.45) is 0 Å². The highest BCUT2D eigenvalue weighted by molar-refractivity contribution is 5.76.